The molecule has 18 heavy (non-hydrogen) atoms. The maximum atomic E-state index is 11.8. The van der Waals surface area contributed by atoms with E-state index in [0.717, 1.165) is 38.8 Å². The summed E-state index contributed by atoms with van der Waals surface area (Å²) in [5.41, 5.74) is -0.614. The van der Waals surface area contributed by atoms with Crippen LogP contribution in [0.5, 0.6) is 0 Å². The summed E-state index contributed by atoms with van der Waals surface area (Å²) in [6, 6.07) is 0. The Bertz CT molecular complexity index is 270. The summed E-state index contributed by atoms with van der Waals surface area (Å²) in [6.45, 7) is 7.29. The molecule has 0 atom stereocenters. The van der Waals surface area contributed by atoms with Crippen LogP contribution >= 0.6 is 0 Å². The van der Waals surface area contributed by atoms with E-state index in [0.29, 0.717) is 0 Å². The van der Waals surface area contributed by atoms with Crippen molar-refractivity contribution in [2.24, 2.45) is 0 Å². The molecule has 0 radical (unpaired) electrons. The van der Waals surface area contributed by atoms with Gasteiger partial charge >= 0.3 is 6.09 Å². The first-order valence-electron chi connectivity index (χ1n) is 6.70. The van der Waals surface area contributed by atoms with Crippen LogP contribution < -0.4 is 10.6 Å². The van der Waals surface area contributed by atoms with Crippen LogP contribution in [0.3, 0.4) is 0 Å². The third-order valence-corrected chi connectivity index (χ3v) is 3.05. The highest BCUT2D eigenvalue weighted by molar-refractivity contribution is 5.69. The van der Waals surface area contributed by atoms with Gasteiger partial charge in [0.1, 0.15) is 5.60 Å². The van der Waals surface area contributed by atoms with Crippen molar-refractivity contribution in [3.8, 4) is 0 Å². The van der Waals surface area contributed by atoms with Crippen LogP contribution in [0.25, 0.3) is 0 Å². The highest BCUT2D eigenvalue weighted by Crippen LogP contribution is 2.31. The first kappa shape index (κ1) is 15.2. The minimum absolute atomic E-state index is 0.155. The Morgan fingerprint density at radius 2 is 2.06 bits per heavy atom. The van der Waals surface area contributed by atoms with Crippen molar-refractivity contribution in [1.29, 1.82) is 0 Å². The van der Waals surface area contributed by atoms with Gasteiger partial charge in [0, 0.05) is 13.2 Å². The molecule has 1 rings (SSSR count). The molecule has 5 heteroatoms. The van der Waals surface area contributed by atoms with E-state index in [1.54, 1.807) is 0 Å². The van der Waals surface area contributed by atoms with Crippen LogP contribution in [0.15, 0.2) is 0 Å². The van der Waals surface area contributed by atoms with Crippen LogP contribution in [-0.4, -0.2) is 42.0 Å². The predicted octanol–water partition coefficient (Wildman–Crippen LogP) is 1.41. The molecule has 0 saturated heterocycles. The molecule has 1 aliphatic carbocycles. The zero-order chi connectivity index (χ0) is 13.6. The summed E-state index contributed by atoms with van der Waals surface area (Å²) in [4.78, 5) is 11.8. The lowest BCUT2D eigenvalue weighted by molar-refractivity contribution is 0.0382. The Kier molecular flexibility index (Phi) is 5.41. The van der Waals surface area contributed by atoms with Crippen molar-refractivity contribution >= 4 is 6.09 Å². The lowest BCUT2D eigenvalue weighted by atomic mass is 9.76. The Hall–Kier alpha value is -0.810. The van der Waals surface area contributed by atoms with Gasteiger partial charge < -0.3 is 20.5 Å². The molecule has 0 unspecified atom stereocenters. The zero-order valence-corrected chi connectivity index (χ0v) is 11.7. The Labute approximate surface area is 109 Å². The fraction of sp³-hybridized carbons (Fsp3) is 0.923. The van der Waals surface area contributed by atoms with Gasteiger partial charge in [-0.2, -0.15) is 0 Å². The molecule has 0 spiro atoms. The van der Waals surface area contributed by atoms with Gasteiger partial charge in [0.05, 0.1) is 5.54 Å². The number of hydrogen-bond donors (Lipinski definition) is 3. The van der Waals surface area contributed by atoms with Crippen molar-refractivity contribution < 1.29 is 14.6 Å². The average molecular weight is 258 g/mol. The average Bonchev–Trinajstić information content (AvgIpc) is 2.17. The molecule has 0 heterocycles. The molecular weight excluding hydrogens is 232 g/mol. The standard InChI is InChI=1S/C13H26N2O3/c1-12(2,3)18-11(17)15-13(6-4-7-13)10-14-8-5-9-16/h14,16H,4-10H2,1-3H3,(H,15,17). The van der Waals surface area contributed by atoms with E-state index in [9.17, 15) is 4.79 Å². The first-order chi connectivity index (χ1) is 8.37. The lowest BCUT2D eigenvalue weighted by Gasteiger charge is -2.42. The fourth-order valence-corrected chi connectivity index (χ4v) is 2.00. The van der Waals surface area contributed by atoms with Crippen molar-refractivity contribution in [1.82, 2.24) is 10.6 Å². The second-order valence-electron chi connectivity index (χ2n) is 6.01. The number of rotatable bonds is 6. The van der Waals surface area contributed by atoms with Crippen molar-refractivity contribution in [2.75, 3.05) is 19.7 Å². The van der Waals surface area contributed by atoms with Crippen LogP contribution in [0, 0.1) is 0 Å². The maximum Gasteiger partial charge on any atom is 0.408 e. The molecular formula is C13H26N2O3. The zero-order valence-electron chi connectivity index (χ0n) is 11.7. The SMILES string of the molecule is CC(C)(C)OC(=O)NC1(CNCCCO)CCC1. The van der Waals surface area contributed by atoms with Gasteiger partial charge in [0.25, 0.3) is 0 Å². The van der Waals surface area contributed by atoms with Gasteiger partial charge in [-0.05, 0) is 53.0 Å². The first-order valence-corrected chi connectivity index (χ1v) is 6.70. The number of nitrogens with one attached hydrogen (secondary N) is 2. The highest BCUT2D eigenvalue weighted by atomic mass is 16.6. The highest BCUT2D eigenvalue weighted by Gasteiger charge is 2.39. The van der Waals surface area contributed by atoms with E-state index in [1.165, 1.54) is 0 Å². The Morgan fingerprint density at radius 1 is 1.39 bits per heavy atom. The normalized spacial score (nSPS) is 18.0. The van der Waals surface area contributed by atoms with E-state index in [4.69, 9.17) is 9.84 Å². The van der Waals surface area contributed by atoms with Crippen molar-refractivity contribution in [3.05, 3.63) is 0 Å². The number of ether oxygens (including phenoxy) is 1. The number of aliphatic hydroxyl groups excluding tert-OH is 1. The third kappa shape index (κ3) is 5.23. The van der Waals surface area contributed by atoms with Crippen molar-refractivity contribution in [3.63, 3.8) is 0 Å². The minimum Gasteiger partial charge on any atom is -0.444 e. The number of carbonyl (C=O) groups excluding carboxylic acids is 1. The lowest BCUT2D eigenvalue weighted by Crippen LogP contribution is -2.59. The second kappa shape index (κ2) is 6.38. The maximum absolute atomic E-state index is 11.8. The third-order valence-electron chi connectivity index (χ3n) is 3.05. The summed E-state index contributed by atoms with van der Waals surface area (Å²) >= 11 is 0. The van der Waals surface area contributed by atoms with Crippen molar-refractivity contribution in [2.45, 2.75) is 57.6 Å². The molecule has 1 aliphatic rings. The fourth-order valence-electron chi connectivity index (χ4n) is 2.00. The summed E-state index contributed by atoms with van der Waals surface area (Å²) in [7, 11) is 0. The molecule has 1 amide bonds. The molecule has 0 aromatic heterocycles. The van der Waals surface area contributed by atoms with Crippen LogP contribution in [-0.2, 0) is 4.74 Å². The Morgan fingerprint density at radius 3 is 2.50 bits per heavy atom. The second-order valence-corrected chi connectivity index (χ2v) is 6.01. The number of aliphatic hydroxyl groups is 1. The van der Waals surface area contributed by atoms with Gasteiger partial charge in [-0.1, -0.05) is 0 Å². The van der Waals surface area contributed by atoms with Gasteiger partial charge in [0.15, 0.2) is 0 Å². The van der Waals surface area contributed by atoms with E-state index in [-0.39, 0.29) is 18.2 Å². The molecule has 106 valence electrons. The largest absolute Gasteiger partial charge is 0.444 e. The van der Waals surface area contributed by atoms with Crippen LogP contribution in [0.1, 0.15) is 46.5 Å². The molecule has 0 aliphatic heterocycles. The van der Waals surface area contributed by atoms with Gasteiger partial charge in [-0.15, -0.1) is 0 Å². The Balaban J connectivity index is 2.33. The summed E-state index contributed by atoms with van der Waals surface area (Å²) < 4.78 is 5.28. The van der Waals surface area contributed by atoms with Gasteiger partial charge in [-0.25, -0.2) is 4.79 Å². The molecule has 3 N–H and O–H groups in total. The summed E-state index contributed by atoms with van der Waals surface area (Å²) in [6.07, 6.45) is 3.50. The van der Waals surface area contributed by atoms with Crippen LogP contribution in [0.2, 0.25) is 0 Å². The molecule has 1 fully saturated rings. The predicted molar refractivity (Wildman–Crippen MR) is 70.5 cm³/mol. The molecule has 0 aromatic carbocycles. The molecule has 0 aromatic rings. The minimum atomic E-state index is -0.459. The van der Waals surface area contributed by atoms with E-state index < -0.39 is 5.60 Å². The van der Waals surface area contributed by atoms with Gasteiger partial charge in [0.2, 0.25) is 0 Å². The van der Waals surface area contributed by atoms with E-state index >= 15 is 0 Å². The quantitative estimate of drug-likeness (QED) is 0.630. The molecule has 0 bridgehead atoms. The van der Waals surface area contributed by atoms with E-state index in [1.807, 2.05) is 20.8 Å². The number of amides is 1. The molecule has 1 saturated carbocycles. The van der Waals surface area contributed by atoms with E-state index in [2.05, 4.69) is 10.6 Å². The number of alkyl carbamates (subject to hydrolysis) is 1. The summed E-state index contributed by atoms with van der Waals surface area (Å²) in [5.74, 6) is 0. The smallest absolute Gasteiger partial charge is 0.408 e. The topological polar surface area (TPSA) is 70.6 Å². The molecule has 5 nitrogen and oxygen atoms in total. The van der Waals surface area contributed by atoms with Crippen LogP contribution in [0.4, 0.5) is 4.79 Å². The summed E-state index contributed by atoms with van der Waals surface area (Å²) in [5, 5.41) is 15.0. The monoisotopic (exact) mass is 258 g/mol. The number of hydrogen-bond acceptors (Lipinski definition) is 4. The number of carbonyl (C=O) groups is 1. The van der Waals surface area contributed by atoms with Gasteiger partial charge in [-0.3, -0.25) is 0 Å².